The van der Waals surface area contributed by atoms with Gasteiger partial charge in [0.2, 0.25) is 5.91 Å². The summed E-state index contributed by atoms with van der Waals surface area (Å²) in [4.78, 5) is 14.9. The Labute approximate surface area is 161 Å². The number of carbonyl (C=O) groups excluding carboxylic acids is 1. The van der Waals surface area contributed by atoms with E-state index < -0.39 is 0 Å². The summed E-state index contributed by atoms with van der Waals surface area (Å²) in [5, 5.41) is 3.08. The van der Waals surface area contributed by atoms with E-state index in [1.807, 2.05) is 31.2 Å². The SMILES string of the molecule is Cc1cc(I)ccc1NC(=O)C1CCN(Cc2ccc(F)cc2)CC1. The number of amides is 1. The molecule has 1 heterocycles. The van der Waals surface area contributed by atoms with Gasteiger partial charge in [-0.3, -0.25) is 9.69 Å². The van der Waals surface area contributed by atoms with E-state index in [1.165, 1.54) is 15.7 Å². The quantitative estimate of drug-likeness (QED) is 0.689. The predicted molar refractivity (Wildman–Crippen MR) is 107 cm³/mol. The van der Waals surface area contributed by atoms with Gasteiger partial charge in [0, 0.05) is 21.7 Å². The van der Waals surface area contributed by atoms with E-state index in [1.54, 1.807) is 0 Å². The molecule has 132 valence electrons. The van der Waals surface area contributed by atoms with Gasteiger partial charge in [-0.15, -0.1) is 0 Å². The van der Waals surface area contributed by atoms with Gasteiger partial charge < -0.3 is 5.32 Å². The zero-order valence-corrected chi connectivity index (χ0v) is 16.4. The number of rotatable bonds is 4. The van der Waals surface area contributed by atoms with Crippen LogP contribution < -0.4 is 5.32 Å². The zero-order chi connectivity index (χ0) is 17.8. The maximum atomic E-state index is 13.0. The molecule has 1 aliphatic rings. The van der Waals surface area contributed by atoms with Gasteiger partial charge in [-0.25, -0.2) is 4.39 Å². The monoisotopic (exact) mass is 452 g/mol. The molecule has 2 aromatic carbocycles. The molecule has 1 N–H and O–H groups in total. The Morgan fingerprint density at radius 2 is 1.88 bits per heavy atom. The van der Waals surface area contributed by atoms with Gasteiger partial charge in [-0.2, -0.15) is 0 Å². The van der Waals surface area contributed by atoms with Gasteiger partial charge in [-0.1, -0.05) is 12.1 Å². The van der Waals surface area contributed by atoms with Crippen LogP contribution in [0.1, 0.15) is 24.0 Å². The van der Waals surface area contributed by atoms with Gasteiger partial charge in [0.05, 0.1) is 0 Å². The van der Waals surface area contributed by atoms with E-state index in [2.05, 4.69) is 38.9 Å². The number of carbonyl (C=O) groups is 1. The third-order valence-electron chi connectivity index (χ3n) is 4.72. The van der Waals surface area contributed by atoms with Gasteiger partial charge >= 0.3 is 0 Å². The van der Waals surface area contributed by atoms with Crippen molar-refractivity contribution in [2.24, 2.45) is 5.92 Å². The first kappa shape index (κ1) is 18.3. The minimum atomic E-state index is -0.204. The van der Waals surface area contributed by atoms with Crippen LogP contribution in [0.25, 0.3) is 0 Å². The number of halogens is 2. The summed E-state index contributed by atoms with van der Waals surface area (Å²) in [6, 6.07) is 12.7. The number of hydrogen-bond donors (Lipinski definition) is 1. The lowest BCUT2D eigenvalue weighted by Crippen LogP contribution is -2.37. The number of hydrogen-bond acceptors (Lipinski definition) is 2. The summed E-state index contributed by atoms with van der Waals surface area (Å²) in [6.07, 6.45) is 1.72. The number of nitrogens with zero attached hydrogens (tertiary/aromatic N) is 1. The Kier molecular flexibility index (Phi) is 6.06. The Bertz CT molecular complexity index is 740. The average molecular weight is 452 g/mol. The van der Waals surface area contributed by atoms with Gasteiger partial charge in [0.25, 0.3) is 0 Å². The highest BCUT2D eigenvalue weighted by Gasteiger charge is 2.25. The lowest BCUT2D eigenvalue weighted by molar-refractivity contribution is -0.121. The van der Waals surface area contributed by atoms with Crippen LogP contribution in [0.3, 0.4) is 0 Å². The highest BCUT2D eigenvalue weighted by Crippen LogP contribution is 2.23. The maximum Gasteiger partial charge on any atom is 0.227 e. The van der Waals surface area contributed by atoms with Crippen LogP contribution in [-0.2, 0) is 11.3 Å². The summed E-state index contributed by atoms with van der Waals surface area (Å²) in [6.45, 7) is 4.61. The molecule has 2 aromatic rings. The van der Waals surface area contributed by atoms with Crippen molar-refractivity contribution < 1.29 is 9.18 Å². The smallest absolute Gasteiger partial charge is 0.227 e. The summed E-state index contributed by atoms with van der Waals surface area (Å²) in [5.74, 6) is -0.0288. The minimum absolute atomic E-state index is 0.0585. The Morgan fingerprint density at radius 3 is 2.52 bits per heavy atom. The van der Waals surface area contributed by atoms with Gasteiger partial charge in [-0.05, 0) is 96.9 Å². The van der Waals surface area contributed by atoms with E-state index >= 15 is 0 Å². The van der Waals surface area contributed by atoms with Crippen molar-refractivity contribution in [2.45, 2.75) is 26.3 Å². The van der Waals surface area contributed by atoms with Crippen LogP contribution in [0, 0.1) is 22.2 Å². The van der Waals surface area contributed by atoms with Crippen LogP contribution in [0.5, 0.6) is 0 Å². The van der Waals surface area contributed by atoms with Crippen LogP contribution in [0.2, 0.25) is 0 Å². The van der Waals surface area contributed by atoms with E-state index in [9.17, 15) is 9.18 Å². The third kappa shape index (κ3) is 5.01. The Hall–Kier alpha value is -1.47. The molecule has 1 aliphatic heterocycles. The van der Waals surface area contributed by atoms with Gasteiger partial charge in [0.1, 0.15) is 5.82 Å². The topological polar surface area (TPSA) is 32.3 Å². The fraction of sp³-hybridized carbons (Fsp3) is 0.350. The Morgan fingerprint density at radius 1 is 1.20 bits per heavy atom. The molecular weight excluding hydrogens is 430 g/mol. The van der Waals surface area contributed by atoms with Crippen molar-refractivity contribution in [3.05, 3.63) is 63.0 Å². The number of nitrogens with one attached hydrogen (secondary N) is 1. The predicted octanol–water partition coefficient (Wildman–Crippen LogP) is 4.59. The second-order valence-corrected chi connectivity index (χ2v) is 7.87. The minimum Gasteiger partial charge on any atom is -0.326 e. The molecule has 0 atom stereocenters. The molecular formula is C20H22FIN2O. The van der Waals surface area contributed by atoms with Crippen LogP contribution >= 0.6 is 22.6 Å². The molecule has 0 aliphatic carbocycles. The standard InChI is InChI=1S/C20H22FIN2O/c1-14-12-18(22)6-7-19(14)23-20(25)16-8-10-24(11-9-16)13-15-2-4-17(21)5-3-15/h2-7,12,16H,8-11,13H2,1H3,(H,23,25). The first-order valence-electron chi connectivity index (χ1n) is 8.55. The zero-order valence-electron chi connectivity index (χ0n) is 14.3. The number of piperidine rings is 1. The van der Waals surface area contributed by atoms with E-state index in [0.29, 0.717) is 0 Å². The molecule has 3 rings (SSSR count). The molecule has 3 nitrogen and oxygen atoms in total. The number of likely N-dealkylation sites (tertiary alicyclic amines) is 1. The summed E-state index contributed by atoms with van der Waals surface area (Å²) in [5.41, 5.74) is 3.10. The van der Waals surface area contributed by atoms with Crippen molar-refractivity contribution >= 4 is 34.2 Å². The summed E-state index contributed by atoms with van der Waals surface area (Å²) < 4.78 is 14.1. The van der Waals surface area contributed by atoms with Crippen LogP contribution in [0.15, 0.2) is 42.5 Å². The normalized spacial score (nSPS) is 16.0. The molecule has 0 unspecified atom stereocenters. The fourth-order valence-corrected chi connectivity index (χ4v) is 3.85. The van der Waals surface area contributed by atoms with Crippen molar-refractivity contribution in [3.8, 4) is 0 Å². The number of anilines is 1. The molecule has 1 amide bonds. The van der Waals surface area contributed by atoms with Crippen molar-refractivity contribution in [2.75, 3.05) is 18.4 Å². The number of aryl methyl sites for hydroxylation is 1. The largest absolute Gasteiger partial charge is 0.326 e. The van der Waals surface area contributed by atoms with Crippen molar-refractivity contribution in [1.82, 2.24) is 4.90 Å². The highest BCUT2D eigenvalue weighted by atomic mass is 127. The van der Waals surface area contributed by atoms with E-state index in [0.717, 1.165) is 49.3 Å². The van der Waals surface area contributed by atoms with Gasteiger partial charge in [0.15, 0.2) is 0 Å². The highest BCUT2D eigenvalue weighted by molar-refractivity contribution is 14.1. The maximum absolute atomic E-state index is 13.0. The lowest BCUT2D eigenvalue weighted by Gasteiger charge is -2.31. The molecule has 1 fully saturated rings. The van der Waals surface area contributed by atoms with Crippen molar-refractivity contribution in [3.63, 3.8) is 0 Å². The second kappa shape index (κ2) is 8.27. The van der Waals surface area contributed by atoms with Crippen LogP contribution in [-0.4, -0.2) is 23.9 Å². The average Bonchev–Trinajstić information content (AvgIpc) is 2.60. The molecule has 0 aromatic heterocycles. The summed E-state index contributed by atoms with van der Waals surface area (Å²) in [7, 11) is 0. The van der Waals surface area contributed by atoms with E-state index in [4.69, 9.17) is 0 Å². The van der Waals surface area contributed by atoms with Crippen molar-refractivity contribution in [1.29, 1.82) is 0 Å². The second-order valence-electron chi connectivity index (χ2n) is 6.63. The first-order chi connectivity index (χ1) is 12.0. The fourth-order valence-electron chi connectivity index (χ4n) is 3.20. The summed E-state index contributed by atoms with van der Waals surface area (Å²) >= 11 is 2.27. The molecule has 1 saturated heterocycles. The third-order valence-corrected chi connectivity index (χ3v) is 5.40. The molecule has 0 bridgehead atoms. The Balaban J connectivity index is 1.51. The molecule has 25 heavy (non-hydrogen) atoms. The molecule has 0 saturated carbocycles. The molecule has 0 radical (unpaired) electrons. The molecule has 0 spiro atoms. The molecule has 5 heteroatoms. The van der Waals surface area contributed by atoms with E-state index in [-0.39, 0.29) is 17.6 Å². The lowest BCUT2D eigenvalue weighted by atomic mass is 9.95. The first-order valence-corrected chi connectivity index (χ1v) is 9.63. The van der Waals surface area contributed by atoms with Crippen LogP contribution in [0.4, 0.5) is 10.1 Å². The number of benzene rings is 2.